The largest absolute Gasteiger partial charge is 0.303 e. The molecule has 1 nitrogen and oxygen atoms in total. The number of likely N-dealkylation sites (N-methyl/N-ethyl adjacent to an activating group) is 1. The summed E-state index contributed by atoms with van der Waals surface area (Å²) in [5.41, 5.74) is 4.37. The second-order valence-electron chi connectivity index (χ2n) is 6.22. The first-order valence-electron chi connectivity index (χ1n) is 8.12. The molecule has 2 aromatic rings. The maximum atomic E-state index is 2.59. The van der Waals surface area contributed by atoms with E-state index in [0.29, 0.717) is 11.8 Å². The molecule has 0 N–H and O–H groups in total. The Hall–Kier alpha value is -1.60. The van der Waals surface area contributed by atoms with Gasteiger partial charge in [0.2, 0.25) is 0 Å². The van der Waals surface area contributed by atoms with Crippen molar-refractivity contribution in [1.29, 1.82) is 0 Å². The van der Waals surface area contributed by atoms with Crippen LogP contribution in [0.1, 0.15) is 41.9 Å². The van der Waals surface area contributed by atoms with Gasteiger partial charge in [0, 0.05) is 12.5 Å². The van der Waals surface area contributed by atoms with Gasteiger partial charge in [-0.3, -0.25) is 0 Å². The van der Waals surface area contributed by atoms with E-state index in [-0.39, 0.29) is 0 Å². The van der Waals surface area contributed by atoms with Gasteiger partial charge in [-0.05, 0) is 43.5 Å². The fourth-order valence-corrected chi connectivity index (χ4v) is 3.64. The zero-order chi connectivity index (χ0) is 14.7. The molecule has 1 saturated heterocycles. The minimum atomic E-state index is 0.612. The Kier molecular flexibility index (Phi) is 4.40. The van der Waals surface area contributed by atoms with E-state index in [1.807, 2.05) is 0 Å². The number of benzene rings is 2. The van der Waals surface area contributed by atoms with Crippen LogP contribution >= 0.6 is 0 Å². The predicted octanol–water partition coefficient (Wildman–Crippen LogP) is 4.59. The maximum absolute atomic E-state index is 2.59. The molecular weight excluding hydrogens is 254 g/mol. The first-order chi connectivity index (χ1) is 10.3. The minimum Gasteiger partial charge on any atom is -0.303 e. The zero-order valence-electron chi connectivity index (χ0n) is 13.1. The van der Waals surface area contributed by atoms with Crippen LogP contribution in [0.3, 0.4) is 0 Å². The third-order valence-corrected chi connectivity index (χ3v) is 4.84. The van der Waals surface area contributed by atoms with Gasteiger partial charge >= 0.3 is 0 Å². The van der Waals surface area contributed by atoms with E-state index in [4.69, 9.17) is 0 Å². The lowest BCUT2D eigenvalue weighted by Gasteiger charge is -2.39. The molecule has 2 unspecified atom stereocenters. The molecule has 0 bridgehead atoms. The summed E-state index contributed by atoms with van der Waals surface area (Å²) >= 11 is 0. The molecule has 110 valence electrons. The number of piperidine rings is 1. The highest BCUT2D eigenvalue weighted by molar-refractivity contribution is 5.32. The van der Waals surface area contributed by atoms with E-state index in [2.05, 4.69) is 73.3 Å². The zero-order valence-corrected chi connectivity index (χ0v) is 13.1. The lowest BCUT2D eigenvalue weighted by atomic mass is 9.76. The van der Waals surface area contributed by atoms with Gasteiger partial charge in [-0.15, -0.1) is 0 Å². The van der Waals surface area contributed by atoms with Gasteiger partial charge in [-0.2, -0.15) is 0 Å². The summed E-state index contributed by atoms with van der Waals surface area (Å²) in [6.45, 7) is 8.03. The monoisotopic (exact) mass is 279 g/mol. The summed E-state index contributed by atoms with van der Waals surface area (Å²) in [6, 6.07) is 20.2. The van der Waals surface area contributed by atoms with Crippen LogP contribution < -0.4 is 0 Å². The molecule has 21 heavy (non-hydrogen) atoms. The summed E-state index contributed by atoms with van der Waals surface area (Å²) in [5, 5.41) is 0. The first kappa shape index (κ1) is 14.3. The summed E-state index contributed by atoms with van der Waals surface area (Å²) in [4.78, 5) is 2.59. The molecule has 0 saturated carbocycles. The minimum absolute atomic E-state index is 0.612. The Morgan fingerprint density at radius 2 is 1.71 bits per heavy atom. The van der Waals surface area contributed by atoms with Crippen LogP contribution in [0.2, 0.25) is 0 Å². The molecule has 1 heteroatoms. The SMILES string of the molecule is CCN1CCC(c2ccccc2)C(c2cccc(C)c2)C1. The lowest BCUT2D eigenvalue weighted by Crippen LogP contribution is -2.38. The highest BCUT2D eigenvalue weighted by Gasteiger charge is 2.30. The molecule has 1 heterocycles. The standard InChI is InChI=1S/C20H25N/c1-3-21-13-12-19(17-9-5-4-6-10-17)20(15-21)18-11-7-8-16(2)14-18/h4-11,14,19-20H,3,12-13,15H2,1-2H3. The Balaban J connectivity index is 1.94. The number of likely N-dealkylation sites (tertiary alicyclic amines) is 1. The van der Waals surface area contributed by atoms with E-state index in [0.717, 1.165) is 6.54 Å². The fraction of sp³-hybridized carbons (Fsp3) is 0.400. The summed E-state index contributed by atoms with van der Waals surface area (Å²) in [6.07, 6.45) is 1.26. The van der Waals surface area contributed by atoms with Crippen molar-refractivity contribution in [3.05, 3.63) is 71.3 Å². The molecule has 0 aromatic heterocycles. The molecule has 0 spiro atoms. The van der Waals surface area contributed by atoms with Gasteiger partial charge in [-0.25, -0.2) is 0 Å². The number of hydrogen-bond acceptors (Lipinski definition) is 1. The smallest absolute Gasteiger partial charge is 0.00561 e. The van der Waals surface area contributed by atoms with Crippen molar-refractivity contribution in [2.45, 2.75) is 32.1 Å². The third-order valence-electron chi connectivity index (χ3n) is 4.84. The van der Waals surface area contributed by atoms with Crippen LogP contribution in [0, 0.1) is 6.92 Å². The van der Waals surface area contributed by atoms with Gasteiger partial charge in [0.15, 0.2) is 0 Å². The van der Waals surface area contributed by atoms with E-state index < -0.39 is 0 Å². The molecule has 2 atom stereocenters. The molecule has 0 amide bonds. The van der Waals surface area contributed by atoms with E-state index in [1.165, 1.54) is 36.2 Å². The lowest BCUT2D eigenvalue weighted by molar-refractivity contribution is 0.198. The van der Waals surface area contributed by atoms with Crippen molar-refractivity contribution < 1.29 is 0 Å². The van der Waals surface area contributed by atoms with Crippen LogP contribution in [0.5, 0.6) is 0 Å². The van der Waals surface area contributed by atoms with E-state index in [9.17, 15) is 0 Å². The Labute approximate surface area is 128 Å². The van der Waals surface area contributed by atoms with Crippen molar-refractivity contribution in [1.82, 2.24) is 4.90 Å². The molecule has 2 aromatic carbocycles. The Bertz CT molecular complexity index is 575. The average molecular weight is 279 g/mol. The Morgan fingerprint density at radius 3 is 2.43 bits per heavy atom. The highest BCUT2D eigenvalue weighted by Crippen LogP contribution is 2.39. The first-order valence-corrected chi connectivity index (χ1v) is 8.12. The van der Waals surface area contributed by atoms with Gasteiger partial charge in [0.25, 0.3) is 0 Å². The van der Waals surface area contributed by atoms with Crippen LogP contribution in [0.15, 0.2) is 54.6 Å². The van der Waals surface area contributed by atoms with Crippen molar-refractivity contribution in [2.75, 3.05) is 19.6 Å². The van der Waals surface area contributed by atoms with Crippen molar-refractivity contribution in [2.24, 2.45) is 0 Å². The van der Waals surface area contributed by atoms with Gasteiger partial charge in [0.1, 0.15) is 0 Å². The Morgan fingerprint density at radius 1 is 0.952 bits per heavy atom. The van der Waals surface area contributed by atoms with Crippen molar-refractivity contribution in [3.8, 4) is 0 Å². The third kappa shape index (κ3) is 3.19. The van der Waals surface area contributed by atoms with Gasteiger partial charge in [0.05, 0.1) is 0 Å². The highest BCUT2D eigenvalue weighted by atomic mass is 15.1. The summed E-state index contributed by atoms with van der Waals surface area (Å²) in [7, 11) is 0. The molecule has 3 rings (SSSR count). The fourth-order valence-electron chi connectivity index (χ4n) is 3.64. The molecular formula is C20H25N. The summed E-state index contributed by atoms with van der Waals surface area (Å²) in [5.74, 6) is 1.26. The van der Waals surface area contributed by atoms with Crippen molar-refractivity contribution in [3.63, 3.8) is 0 Å². The topological polar surface area (TPSA) is 3.24 Å². The maximum Gasteiger partial charge on any atom is 0.00561 e. The molecule has 1 aliphatic heterocycles. The van der Waals surface area contributed by atoms with E-state index in [1.54, 1.807) is 0 Å². The van der Waals surface area contributed by atoms with Crippen LogP contribution in [0.25, 0.3) is 0 Å². The van der Waals surface area contributed by atoms with Gasteiger partial charge in [-0.1, -0.05) is 67.1 Å². The molecule has 1 fully saturated rings. The number of nitrogens with zero attached hydrogens (tertiary/aromatic N) is 1. The molecule has 1 aliphatic rings. The number of hydrogen-bond donors (Lipinski definition) is 0. The normalized spacial score (nSPS) is 23.1. The summed E-state index contributed by atoms with van der Waals surface area (Å²) < 4.78 is 0. The number of aryl methyl sites for hydroxylation is 1. The second kappa shape index (κ2) is 6.44. The molecule has 0 radical (unpaired) electrons. The molecule has 0 aliphatic carbocycles. The van der Waals surface area contributed by atoms with Crippen LogP contribution in [-0.2, 0) is 0 Å². The van der Waals surface area contributed by atoms with Gasteiger partial charge < -0.3 is 4.90 Å². The second-order valence-corrected chi connectivity index (χ2v) is 6.22. The van der Waals surface area contributed by atoms with E-state index >= 15 is 0 Å². The number of rotatable bonds is 3. The van der Waals surface area contributed by atoms with Crippen molar-refractivity contribution >= 4 is 0 Å². The van der Waals surface area contributed by atoms with Crippen LogP contribution in [-0.4, -0.2) is 24.5 Å². The predicted molar refractivity (Wildman–Crippen MR) is 89.8 cm³/mol. The average Bonchev–Trinajstić information content (AvgIpc) is 2.55. The quantitative estimate of drug-likeness (QED) is 0.794. The van der Waals surface area contributed by atoms with Crippen LogP contribution in [0.4, 0.5) is 0 Å².